The Bertz CT molecular complexity index is 909. The monoisotopic (exact) mass is 460 g/mol. The first-order chi connectivity index (χ1) is 13.9. The Morgan fingerprint density at radius 2 is 1.55 bits per heavy atom. The normalized spacial score (nSPS) is 11.0. The maximum Gasteiger partial charge on any atom is 0.261 e. The van der Waals surface area contributed by atoms with Gasteiger partial charge in [0, 0.05) is 23.6 Å². The summed E-state index contributed by atoms with van der Waals surface area (Å²) in [4.78, 5) is 26.6. The summed E-state index contributed by atoms with van der Waals surface area (Å²) in [7, 11) is 0. The molecule has 0 aliphatic carbocycles. The van der Waals surface area contributed by atoms with Gasteiger partial charge in [-0.05, 0) is 59.2 Å². The number of halogens is 1. The van der Waals surface area contributed by atoms with Crippen LogP contribution in [0.1, 0.15) is 80.3 Å². The lowest BCUT2D eigenvalue weighted by molar-refractivity contribution is 0.102. The van der Waals surface area contributed by atoms with Gasteiger partial charge in [-0.15, -0.1) is 0 Å². The third-order valence-corrected chi connectivity index (χ3v) is 6.31. The van der Waals surface area contributed by atoms with E-state index in [9.17, 15) is 9.59 Å². The van der Waals surface area contributed by atoms with Crippen molar-refractivity contribution in [1.82, 2.24) is 4.57 Å². The number of amides is 1. The number of nitrogens with zero attached hydrogens (tertiary/aromatic N) is 1. The number of para-hydroxylation sites is 1. The van der Waals surface area contributed by atoms with Crippen LogP contribution in [0.3, 0.4) is 0 Å². The van der Waals surface area contributed by atoms with Crippen LogP contribution in [0.2, 0.25) is 0 Å². The molecule has 0 atom stereocenters. The van der Waals surface area contributed by atoms with Crippen LogP contribution in [-0.2, 0) is 32.2 Å². The van der Waals surface area contributed by atoms with E-state index in [1.54, 1.807) is 0 Å². The Balaban J connectivity index is 2.64. The van der Waals surface area contributed by atoms with Crippen molar-refractivity contribution in [2.75, 3.05) is 5.32 Å². The maximum absolute atomic E-state index is 13.4. The number of aryl methyl sites for hydroxylation is 2. The first kappa shape index (κ1) is 23.4. The van der Waals surface area contributed by atoms with E-state index in [2.05, 4.69) is 46.6 Å². The van der Waals surface area contributed by atoms with E-state index in [4.69, 9.17) is 0 Å². The first-order valence-corrected chi connectivity index (χ1v) is 11.6. The van der Waals surface area contributed by atoms with Crippen LogP contribution in [0.4, 0.5) is 5.69 Å². The maximum atomic E-state index is 13.4. The van der Waals surface area contributed by atoms with Crippen molar-refractivity contribution in [3.63, 3.8) is 0 Å². The molecule has 2 rings (SSSR count). The molecule has 0 spiro atoms. The topological polar surface area (TPSA) is 51.1 Å². The largest absolute Gasteiger partial charge is 0.346 e. The van der Waals surface area contributed by atoms with Gasteiger partial charge in [0.25, 0.3) is 5.91 Å². The van der Waals surface area contributed by atoms with Gasteiger partial charge in [0.15, 0.2) is 0 Å². The molecule has 5 heteroatoms. The van der Waals surface area contributed by atoms with E-state index >= 15 is 0 Å². The molecule has 0 bridgehead atoms. The summed E-state index contributed by atoms with van der Waals surface area (Å²) in [5, 5.41) is 3.09. The van der Waals surface area contributed by atoms with Gasteiger partial charge in [-0.1, -0.05) is 59.2 Å². The van der Waals surface area contributed by atoms with Crippen LogP contribution < -0.4 is 10.7 Å². The second kappa shape index (κ2) is 10.8. The second-order valence-electron chi connectivity index (χ2n) is 7.24. The molecule has 158 valence electrons. The molecule has 0 fully saturated rings. The summed E-state index contributed by atoms with van der Waals surface area (Å²) in [5.74, 6) is -0.309. The fraction of sp³-hybridized carbons (Fsp3) is 0.500. The number of aromatic nitrogens is 1. The van der Waals surface area contributed by atoms with Crippen LogP contribution in [0, 0.1) is 0 Å². The SMILES string of the molecule is CCCCn1c(CC)c(Br)c(=O)c(C(=O)Nc2c(CC)cccc2CC)c1CC. The lowest BCUT2D eigenvalue weighted by Gasteiger charge is -2.22. The molecule has 2 aromatic rings. The van der Waals surface area contributed by atoms with Gasteiger partial charge in [-0.3, -0.25) is 9.59 Å². The van der Waals surface area contributed by atoms with Gasteiger partial charge in [0.05, 0.1) is 4.47 Å². The van der Waals surface area contributed by atoms with Crippen molar-refractivity contribution in [3.05, 3.63) is 61.0 Å². The van der Waals surface area contributed by atoms with Crippen LogP contribution >= 0.6 is 15.9 Å². The minimum absolute atomic E-state index is 0.212. The van der Waals surface area contributed by atoms with E-state index in [1.807, 2.05) is 32.0 Å². The molecular formula is C24H33BrN2O2. The Morgan fingerprint density at radius 1 is 0.966 bits per heavy atom. The number of unbranched alkanes of at least 4 members (excludes halogenated alkanes) is 1. The van der Waals surface area contributed by atoms with Crippen LogP contribution in [0.25, 0.3) is 0 Å². The van der Waals surface area contributed by atoms with Crippen molar-refractivity contribution >= 4 is 27.5 Å². The predicted molar refractivity (Wildman–Crippen MR) is 125 cm³/mol. The first-order valence-electron chi connectivity index (χ1n) is 10.8. The smallest absolute Gasteiger partial charge is 0.261 e. The average Bonchev–Trinajstić information content (AvgIpc) is 2.73. The molecule has 1 heterocycles. The zero-order chi connectivity index (χ0) is 21.6. The molecule has 29 heavy (non-hydrogen) atoms. The number of benzene rings is 1. The van der Waals surface area contributed by atoms with E-state index in [0.717, 1.165) is 66.9 Å². The standard InChI is InChI=1S/C24H33BrN2O2/c1-6-11-15-27-18(9-4)20(23(28)21(25)19(27)10-5)24(29)26-22-16(7-2)13-12-14-17(22)8-3/h12-14H,6-11,15H2,1-5H3,(H,26,29). The highest BCUT2D eigenvalue weighted by molar-refractivity contribution is 9.10. The Kier molecular flexibility index (Phi) is 8.69. The van der Waals surface area contributed by atoms with Crippen molar-refractivity contribution < 1.29 is 4.79 Å². The second-order valence-corrected chi connectivity index (χ2v) is 8.03. The summed E-state index contributed by atoms with van der Waals surface area (Å²) in [5.41, 5.74) is 4.88. The molecular weight excluding hydrogens is 428 g/mol. The van der Waals surface area contributed by atoms with E-state index in [-0.39, 0.29) is 16.9 Å². The lowest BCUT2D eigenvalue weighted by atomic mass is 10.0. The van der Waals surface area contributed by atoms with Crippen molar-refractivity contribution in [3.8, 4) is 0 Å². The molecule has 0 aliphatic rings. The highest BCUT2D eigenvalue weighted by Gasteiger charge is 2.24. The van der Waals surface area contributed by atoms with E-state index in [1.165, 1.54) is 0 Å². The molecule has 0 aliphatic heterocycles. The minimum atomic E-state index is -0.309. The molecule has 0 radical (unpaired) electrons. The van der Waals surface area contributed by atoms with E-state index < -0.39 is 0 Å². The molecule has 0 unspecified atom stereocenters. The highest BCUT2D eigenvalue weighted by Crippen LogP contribution is 2.25. The number of carbonyl (C=O) groups is 1. The molecule has 0 saturated carbocycles. The van der Waals surface area contributed by atoms with Gasteiger partial charge in [-0.25, -0.2) is 0 Å². The number of carbonyl (C=O) groups excluding carboxylic acids is 1. The number of anilines is 1. The Labute approximate surface area is 182 Å². The van der Waals surface area contributed by atoms with Crippen LogP contribution in [-0.4, -0.2) is 10.5 Å². The molecule has 1 aromatic heterocycles. The van der Waals surface area contributed by atoms with Gasteiger partial charge in [-0.2, -0.15) is 0 Å². The van der Waals surface area contributed by atoms with E-state index in [0.29, 0.717) is 10.9 Å². The van der Waals surface area contributed by atoms with Crippen LogP contribution in [0.15, 0.2) is 27.5 Å². The van der Waals surface area contributed by atoms with Crippen molar-refractivity contribution in [2.24, 2.45) is 0 Å². The molecule has 1 N–H and O–H groups in total. The summed E-state index contributed by atoms with van der Waals surface area (Å²) < 4.78 is 2.69. The fourth-order valence-corrected chi connectivity index (χ4v) is 4.59. The summed E-state index contributed by atoms with van der Waals surface area (Å²) in [6.45, 7) is 11.2. The number of nitrogens with one attached hydrogen (secondary N) is 1. The summed E-state index contributed by atoms with van der Waals surface area (Å²) in [6.07, 6.45) is 5.09. The highest BCUT2D eigenvalue weighted by atomic mass is 79.9. The van der Waals surface area contributed by atoms with Gasteiger partial charge in [0.2, 0.25) is 5.43 Å². The summed E-state index contributed by atoms with van der Waals surface area (Å²) >= 11 is 3.49. The number of rotatable bonds is 9. The minimum Gasteiger partial charge on any atom is -0.346 e. The average molecular weight is 461 g/mol. The number of pyridine rings is 1. The zero-order valence-corrected chi connectivity index (χ0v) is 19.9. The third kappa shape index (κ3) is 4.82. The molecule has 1 amide bonds. The predicted octanol–water partition coefficient (Wildman–Crippen LogP) is 5.91. The zero-order valence-electron chi connectivity index (χ0n) is 18.3. The quantitative estimate of drug-likeness (QED) is 0.505. The fourth-order valence-electron chi connectivity index (χ4n) is 3.90. The summed E-state index contributed by atoms with van der Waals surface area (Å²) in [6, 6.07) is 6.09. The number of hydrogen-bond donors (Lipinski definition) is 1. The lowest BCUT2D eigenvalue weighted by Crippen LogP contribution is -2.30. The van der Waals surface area contributed by atoms with Crippen molar-refractivity contribution in [1.29, 1.82) is 0 Å². The third-order valence-electron chi connectivity index (χ3n) is 5.49. The molecule has 1 aromatic carbocycles. The van der Waals surface area contributed by atoms with Crippen LogP contribution in [0.5, 0.6) is 0 Å². The van der Waals surface area contributed by atoms with Gasteiger partial charge >= 0.3 is 0 Å². The Hall–Kier alpha value is -1.88. The van der Waals surface area contributed by atoms with Gasteiger partial charge < -0.3 is 9.88 Å². The van der Waals surface area contributed by atoms with Gasteiger partial charge in [0.1, 0.15) is 5.56 Å². The Morgan fingerprint density at radius 3 is 2.03 bits per heavy atom. The number of hydrogen-bond acceptors (Lipinski definition) is 2. The van der Waals surface area contributed by atoms with Crippen molar-refractivity contribution in [2.45, 2.75) is 79.7 Å². The molecule has 4 nitrogen and oxygen atoms in total. The molecule has 0 saturated heterocycles.